The van der Waals surface area contributed by atoms with Crippen LogP contribution in [0, 0.1) is 0 Å². The van der Waals surface area contributed by atoms with Gasteiger partial charge in [-0.3, -0.25) is 0 Å². The summed E-state index contributed by atoms with van der Waals surface area (Å²) in [4.78, 5) is 12.5. The Balaban J connectivity index is 1.76. The van der Waals surface area contributed by atoms with Gasteiger partial charge in [-0.15, -0.1) is 0 Å². The van der Waals surface area contributed by atoms with E-state index in [0.717, 1.165) is 19.3 Å². The van der Waals surface area contributed by atoms with Crippen LogP contribution >= 0.6 is 0 Å². The van der Waals surface area contributed by atoms with Crippen molar-refractivity contribution in [1.82, 2.24) is 0 Å². The minimum Gasteiger partial charge on any atom is -0.490 e. The van der Waals surface area contributed by atoms with E-state index in [-0.39, 0.29) is 12.4 Å². The third kappa shape index (κ3) is 10.8. The number of carbonyl (C=O) groups excluding carboxylic acids is 1. The zero-order chi connectivity index (χ0) is 28.6. The van der Waals surface area contributed by atoms with E-state index in [1.165, 1.54) is 64.2 Å². The quantitative estimate of drug-likeness (QED) is 0.0888. The van der Waals surface area contributed by atoms with Crippen molar-refractivity contribution in [2.24, 2.45) is 0 Å². The van der Waals surface area contributed by atoms with Crippen LogP contribution in [0.4, 0.5) is 0 Å². The van der Waals surface area contributed by atoms with Gasteiger partial charge in [0.15, 0.2) is 11.9 Å². The number of rotatable bonds is 21. The Labute approximate surface area is 231 Å². The molecule has 228 valence electrons. The fraction of sp³-hybridized carbons (Fsp3) is 0.893. The summed E-state index contributed by atoms with van der Waals surface area (Å²) in [6, 6.07) is 0. The van der Waals surface area contributed by atoms with Crippen LogP contribution in [0.3, 0.4) is 0 Å². The first-order chi connectivity index (χ1) is 18.8. The van der Waals surface area contributed by atoms with E-state index in [1.807, 2.05) is 0 Å². The summed E-state index contributed by atoms with van der Waals surface area (Å²) in [7, 11) is 0. The molecular formula is C28H50O11. The van der Waals surface area contributed by atoms with Crippen LogP contribution in [0.15, 0.2) is 11.5 Å². The molecule has 0 unspecified atom stereocenters. The first kappa shape index (κ1) is 33.7. The lowest BCUT2D eigenvalue weighted by atomic mass is 9.99. The lowest BCUT2D eigenvalue weighted by Crippen LogP contribution is -2.59. The normalized spacial score (nSPS) is 28.0. The van der Waals surface area contributed by atoms with Crippen LogP contribution in [-0.2, 0) is 23.7 Å². The van der Waals surface area contributed by atoms with Gasteiger partial charge in [0.05, 0.1) is 19.8 Å². The topological polar surface area (TPSA) is 175 Å². The number of hydrogen-bond acceptors (Lipinski definition) is 11. The van der Waals surface area contributed by atoms with Crippen molar-refractivity contribution in [1.29, 1.82) is 0 Å². The molecule has 2 aliphatic rings. The SMILES string of the molecule is CCCCCCCCCCCCCCCCOC1=C(O[C@H]2O[C@@H](CO)[C@H](O)[C@@H](O)[C@@H]2O)C(=O)O[C@@H]1[C@H](O)CO. The Morgan fingerprint density at radius 3 is 1.85 bits per heavy atom. The van der Waals surface area contributed by atoms with Gasteiger partial charge in [0.2, 0.25) is 12.0 Å². The molecule has 1 saturated heterocycles. The number of ether oxygens (including phenoxy) is 4. The molecule has 0 aromatic heterocycles. The van der Waals surface area contributed by atoms with E-state index in [0.29, 0.717) is 6.42 Å². The van der Waals surface area contributed by atoms with Crippen molar-refractivity contribution in [2.45, 2.75) is 140 Å². The molecule has 0 aromatic rings. The number of unbranched alkanes of at least 4 members (excludes halogenated alkanes) is 13. The monoisotopic (exact) mass is 562 g/mol. The van der Waals surface area contributed by atoms with Gasteiger partial charge in [-0.05, 0) is 6.42 Å². The number of aliphatic hydroxyl groups is 6. The highest BCUT2D eigenvalue weighted by Gasteiger charge is 2.48. The predicted molar refractivity (Wildman–Crippen MR) is 141 cm³/mol. The van der Waals surface area contributed by atoms with Crippen LogP contribution in [0.25, 0.3) is 0 Å². The smallest absolute Gasteiger partial charge is 0.378 e. The number of aliphatic hydroxyl groups excluding tert-OH is 6. The summed E-state index contributed by atoms with van der Waals surface area (Å²) < 4.78 is 21.6. The van der Waals surface area contributed by atoms with E-state index in [4.69, 9.17) is 18.9 Å². The van der Waals surface area contributed by atoms with Crippen molar-refractivity contribution in [3.63, 3.8) is 0 Å². The molecule has 2 aliphatic heterocycles. The highest BCUT2D eigenvalue weighted by molar-refractivity contribution is 5.89. The number of esters is 1. The predicted octanol–water partition coefficient (Wildman–Crippen LogP) is 1.79. The molecule has 0 aliphatic carbocycles. The van der Waals surface area contributed by atoms with Crippen LogP contribution in [-0.4, -0.2) is 99.3 Å². The summed E-state index contributed by atoms with van der Waals surface area (Å²) in [6.45, 7) is 1.08. The number of hydrogen-bond donors (Lipinski definition) is 6. The maximum atomic E-state index is 12.5. The number of carbonyl (C=O) groups is 1. The molecule has 0 amide bonds. The minimum absolute atomic E-state index is 0.145. The maximum absolute atomic E-state index is 12.5. The average Bonchev–Trinajstić information content (AvgIpc) is 3.25. The maximum Gasteiger partial charge on any atom is 0.378 e. The highest BCUT2D eigenvalue weighted by atomic mass is 16.7. The molecule has 0 radical (unpaired) electrons. The van der Waals surface area contributed by atoms with Crippen LogP contribution < -0.4 is 0 Å². The molecular weight excluding hydrogens is 512 g/mol. The van der Waals surface area contributed by atoms with Crippen LogP contribution in [0.5, 0.6) is 0 Å². The van der Waals surface area contributed by atoms with E-state index in [9.17, 15) is 35.4 Å². The molecule has 11 nitrogen and oxygen atoms in total. The Kier molecular flexibility index (Phi) is 16.3. The van der Waals surface area contributed by atoms with E-state index in [1.54, 1.807) is 0 Å². The summed E-state index contributed by atoms with van der Waals surface area (Å²) in [5.74, 6) is -1.61. The molecule has 2 heterocycles. The van der Waals surface area contributed by atoms with Gasteiger partial charge in [-0.2, -0.15) is 0 Å². The minimum atomic E-state index is -1.74. The molecule has 6 N–H and O–H groups in total. The first-order valence-corrected chi connectivity index (χ1v) is 14.7. The summed E-state index contributed by atoms with van der Waals surface area (Å²) in [6.07, 6.45) is 6.19. The lowest BCUT2D eigenvalue weighted by Gasteiger charge is -2.39. The molecule has 39 heavy (non-hydrogen) atoms. The average molecular weight is 563 g/mol. The Bertz CT molecular complexity index is 714. The van der Waals surface area contributed by atoms with Crippen molar-refractivity contribution < 1.29 is 54.4 Å². The van der Waals surface area contributed by atoms with Gasteiger partial charge in [-0.25, -0.2) is 4.79 Å². The van der Waals surface area contributed by atoms with E-state index < -0.39 is 67.9 Å². The van der Waals surface area contributed by atoms with Gasteiger partial charge in [0.25, 0.3) is 0 Å². The molecule has 0 bridgehead atoms. The van der Waals surface area contributed by atoms with Crippen molar-refractivity contribution in [2.75, 3.05) is 19.8 Å². The molecule has 11 heteroatoms. The Hall–Kier alpha value is -1.47. The fourth-order valence-corrected chi connectivity index (χ4v) is 4.81. The number of cyclic esters (lactones) is 1. The Morgan fingerprint density at radius 1 is 0.795 bits per heavy atom. The highest BCUT2D eigenvalue weighted by Crippen LogP contribution is 2.31. The standard InChI is InChI=1S/C28H50O11/c1-2-3-4-5-6-7-8-9-10-11-12-13-14-15-16-36-25-24(19(31)17-29)38-27(35)26(25)39-28-23(34)22(33)21(32)20(18-30)37-28/h19-24,28-34H,2-18H2,1H3/t19-,20+,21+,22-,23+,24-,28-/m1/s1. The third-order valence-electron chi connectivity index (χ3n) is 7.28. The van der Waals surface area contributed by atoms with E-state index >= 15 is 0 Å². The second-order valence-corrected chi connectivity index (χ2v) is 10.5. The molecule has 7 atom stereocenters. The molecule has 0 aromatic carbocycles. The Morgan fingerprint density at radius 2 is 1.33 bits per heavy atom. The second-order valence-electron chi connectivity index (χ2n) is 10.5. The third-order valence-corrected chi connectivity index (χ3v) is 7.28. The summed E-state index contributed by atoms with van der Waals surface area (Å²) in [5.41, 5.74) is 0. The van der Waals surface area contributed by atoms with Crippen molar-refractivity contribution >= 4 is 5.97 Å². The second kappa shape index (κ2) is 18.8. The molecule has 2 rings (SSSR count). The molecule has 1 fully saturated rings. The molecule has 0 saturated carbocycles. The van der Waals surface area contributed by atoms with Gasteiger partial charge in [0, 0.05) is 0 Å². The van der Waals surface area contributed by atoms with Gasteiger partial charge < -0.3 is 49.6 Å². The zero-order valence-electron chi connectivity index (χ0n) is 23.3. The summed E-state index contributed by atoms with van der Waals surface area (Å²) >= 11 is 0. The van der Waals surface area contributed by atoms with Gasteiger partial charge >= 0.3 is 5.97 Å². The van der Waals surface area contributed by atoms with Gasteiger partial charge in [-0.1, -0.05) is 90.4 Å². The van der Waals surface area contributed by atoms with Gasteiger partial charge in [0.1, 0.15) is 30.5 Å². The summed E-state index contributed by atoms with van der Waals surface area (Å²) in [5, 5.41) is 59.1. The van der Waals surface area contributed by atoms with E-state index in [2.05, 4.69) is 6.92 Å². The molecule has 0 spiro atoms. The van der Waals surface area contributed by atoms with Crippen molar-refractivity contribution in [3.8, 4) is 0 Å². The van der Waals surface area contributed by atoms with Crippen molar-refractivity contribution in [3.05, 3.63) is 11.5 Å². The van der Waals surface area contributed by atoms with Crippen LogP contribution in [0.2, 0.25) is 0 Å². The lowest BCUT2D eigenvalue weighted by molar-refractivity contribution is -0.291. The largest absolute Gasteiger partial charge is 0.490 e. The fourth-order valence-electron chi connectivity index (χ4n) is 4.81. The first-order valence-electron chi connectivity index (χ1n) is 14.7. The zero-order valence-corrected chi connectivity index (χ0v) is 23.3. The van der Waals surface area contributed by atoms with Crippen LogP contribution in [0.1, 0.15) is 96.8 Å².